The summed E-state index contributed by atoms with van der Waals surface area (Å²) in [5.74, 6) is 0.502. The molecule has 2 aromatic carbocycles. The van der Waals surface area contributed by atoms with Gasteiger partial charge in [-0.25, -0.2) is 8.42 Å². The van der Waals surface area contributed by atoms with E-state index >= 15 is 0 Å². The highest BCUT2D eigenvalue weighted by Crippen LogP contribution is 2.35. The van der Waals surface area contributed by atoms with E-state index < -0.39 is 27.2 Å². The summed E-state index contributed by atoms with van der Waals surface area (Å²) in [4.78, 5) is 0.105. The molecule has 0 aliphatic rings. The van der Waals surface area contributed by atoms with Crippen LogP contribution in [0.4, 0.5) is 5.69 Å². The van der Waals surface area contributed by atoms with Gasteiger partial charge in [0.05, 0.1) is 21.9 Å². The SMILES string of the molecule is CC(CCC[S@@+](C)[O-])N(c1cc(Cl)ccc1Cl)S(=O)(=O)c1ccc(Cl)cc1. The minimum atomic E-state index is -3.90. The zero-order chi connectivity index (χ0) is 20.2. The summed E-state index contributed by atoms with van der Waals surface area (Å²) in [7, 11) is -3.90. The molecule has 148 valence electrons. The van der Waals surface area contributed by atoms with Crippen LogP contribution in [0.2, 0.25) is 15.1 Å². The molecule has 0 saturated heterocycles. The largest absolute Gasteiger partial charge is 0.617 e. The zero-order valence-corrected chi connectivity index (χ0v) is 18.8. The predicted molar refractivity (Wildman–Crippen MR) is 115 cm³/mol. The smallest absolute Gasteiger partial charge is 0.264 e. The first-order chi connectivity index (χ1) is 12.6. The summed E-state index contributed by atoms with van der Waals surface area (Å²) < 4.78 is 39.4. The molecule has 0 spiro atoms. The maximum atomic E-state index is 13.4. The standard InChI is InChI=1S/C18H20Cl3NO3S2/c1-13(4-3-11-26(2)23)22(18-12-15(20)7-10-17(18)21)27(24,25)16-8-5-14(19)6-9-16/h5-10,12-13H,3-4,11H2,1-2H3/t13?,26-/m1/s1. The summed E-state index contributed by atoms with van der Waals surface area (Å²) in [6.45, 7) is 1.79. The molecule has 0 N–H and O–H groups in total. The van der Waals surface area contributed by atoms with Crippen molar-refractivity contribution in [2.45, 2.75) is 30.7 Å². The van der Waals surface area contributed by atoms with E-state index in [-0.39, 0.29) is 9.92 Å². The lowest BCUT2D eigenvalue weighted by atomic mass is 10.2. The first kappa shape index (κ1) is 22.7. The molecule has 0 aromatic heterocycles. The molecule has 9 heteroatoms. The molecular weight excluding hydrogens is 449 g/mol. The quantitative estimate of drug-likeness (QED) is 0.488. The number of benzene rings is 2. The van der Waals surface area contributed by atoms with Crippen molar-refractivity contribution in [3.8, 4) is 0 Å². The third-order valence-electron chi connectivity index (χ3n) is 3.97. The Kier molecular flexibility index (Phi) is 8.16. The van der Waals surface area contributed by atoms with Crippen molar-refractivity contribution in [2.75, 3.05) is 16.3 Å². The normalized spacial score (nSPS) is 14.0. The molecule has 0 saturated carbocycles. The van der Waals surface area contributed by atoms with Crippen molar-refractivity contribution in [2.24, 2.45) is 0 Å². The zero-order valence-electron chi connectivity index (χ0n) is 14.9. The Morgan fingerprint density at radius 2 is 1.67 bits per heavy atom. The topological polar surface area (TPSA) is 60.4 Å². The second kappa shape index (κ2) is 9.72. The van der Waals surface area contributed by atoms with Crippen LogP contribution >= 0.6 is 34.8 Å². The molecule has 0 aliphatic heterocycles. The molecule has 27 heavy (non-hydrogen) atoms. The summed E-state index contributed by atoms with van der Waals surface area (Å²) in [5.41, 5.74) is 0.309. The van der Waals surface area contributed by atoms with Crippen LogP contribution in [0.5, 0.6) is 0 Å². The van der Waals surface area contributed by atoms with E-state index in [0.717, 1.165) is 0 Å². The summed E-state index contributed by atoms with van der Waals surface area (Å²) in [6, 6.07) is 10.3. The first-order valence-corrected chi connectivity index (χ1v) is 12.5. The molecule has 0 amide bonds. The van der Waals surface area contributed by atoms with E-state index in [2.05, 4.69) is 0 Å². The second-order valence-corrected chi connectivity index (χ2v) is 10.8. The molecule has 0 aliphatic carbocycles. The van der Waals surface area contributed by atoms with E-state index in [1.54, 1.807) is 25.3 Å². The van der Waals surface area contributed by atoms with Crippen molar-refractivity contribution in [1.82, 2.24) is 0 Å². The van der Waals surface area contributed by atoms with Gasteiger partial charge in [0.2, 0.25) is 0 Å². The fourth-order valence-electron chi connectivity index (χ4n) is 2.68. The van der Waals surface area contributed by atoms with Crippen molar-refractivity contribution in [3.05, 3.63) is 57.5 Å². The van der Waals surface area contributed by atoms with Crippen molar-refractivity contribution in [1.29, 1.82) is 0 Å². The number of sulfonamides is 1. The number of nitrogens with zero attached hydrogens (tertiary/aromatic N) is 1. The molecule has 0 radical (unpaired) electrons. The van der Waals surface area contributed by atoms with Crippen LogP contribution < -0.4 is 4.31 Å². The van der Waals surface area contributed by atoms with E-state index in [1.165, 1.54) is 34.6 Å². The monoisotopic (exact) mass is 467 g/mol. The van der Waals surface area contributed by atoms with Gasteiger partial charge in [-0.05, 0) is 62.2 Å². The third-order valence-corrected chi connectivity index (χ3v) is 7.58. The fourth-order valence-corrected chi connectivity index (χ4v) is 5.50. The fraction of sp³-hybridized carbons (Fsp3) is 0.333. The van der Waals surface area contributed by atoms with Gasteiger partial charge in [-0.1, -0.05) is 46.0 Å². The minimum Gasteiger partial charge on any atom is -0.617 e. The van der Waals surface area contributed by atoms with Crippen LogP contribution in [0.25, 0.3) is 0 Å². The van der Waals surface area contributed by atoms with Crippen LogP contribution in [0.3, 0.4) is 0 Å². The average Bonchev–Trinajstić information content (AvgIpc) is 2.58. The molecule has 0 bridgehead atoms. The van der Waals surface area contributed by atoms with Gasteiger partial charge in [-0.3, -0.25) is 4.31 Å². The number of hydrogen-bond acceptors (Lipinski definition) is 3. The second-order valence-electron chi connectivity index (χ2n) is 6.12. The lowest BCUT2D eigenvalue weighted by Gasteiger charge is -2.31. The van der Waals surface area contributed by atoms with Crippen LogP contribution in [-0.4, -0.2) is 31.0 Å². The van der Waals surface area contributed by atoms with Gasteiger partial charge >= 0.3 is 0 Å². The minimum absolute atomic E-state index is 0.105. The van der Waals surface area contributed by atoms with Crippen LogP contribution in [0.15, 0.2) is 47.4 Å². The Labute approximate surface area is 178 Å². The third kappa shape index (κ3) is 5.92. The number of halogens is 3. The van der Waals surface area contributed by atoms with Crippen LogP contribution in [0, 0.1) is 0 Å². The molecule has 2 atom stereocenters. The number of hydrogen-bond donors (Lipinski definition) is 0. The van der Waals surface area contributed by atoms with Crippen molar-refractivity contribution >= 4 is 61.7 Å². The van der Waals surface area contributed by atoms with E-state index in [1.807, 2.05) is 0 Å². The number of anilines is 1. The van der Waals surface area contributed by atoms with Gasteiger partial charge < -0.3 is 4.55 Å². The first-order valence-electron chi connectivity index (χ1n) is 8.18. The summed E-state index contributed by atoms with van der Waals surface area (Å²) in [5, 5.41) is 1.11. The maximum Gasteiger partial charge on any atom is 0.264 e. The van der Waals surface area contributed by atoms with Gasteiger partial charge in [0.25, 0.3) is 10.0 Å². The summed E-state index contributed by atoms with van der Waals surface area (Å²) in [6.07, 6.45) is 2.77. The Bertz CT molecular complexity index is 874. The average molecular weight is 469 g/mol. The van der Waals surface area contributed by atoms with Gasteiger partial charge in [0.1, 0.15) is 5.75 Å². The van der Waals surface area contributed by atoms with E-state index in [4.69, 9.17) is 34.8 Å². The highest BCUT2D eigenvalue weighted by Gasteiger charge is 2.31. The highest BCUT2D eigenvalue weighted by atomic mass is 35.5. The summed E-state index contributed by atoms with van der Waals surface area (Å²) >= 11 is 17.3. The lowest BCUT2D eigenvalue weighted by Crippen LogP contribution is -2.39. The van der Waals surface area contributed by atoms with Gasteiger partial charge in [0.15, 0.2) is 0 Å². The number of rotatable bonds is 8. The van der Waals surface area contributed by atoms with Crippen molar-refractivity contribution < 1.29 is 13.0 Å². The van der Waals surface area contributed by atoms with Gasteiger partial charge in [-0.2, -0.15) is 0 Å². The molecule has 2 aromatic rings. The Balaban J connectivity index is 2.48. The molecule has 0 heterocycles. The molecule has 0 fully saturated rings. The van der Waals surface area contributed by atoms with Crippen LogP contribution in [0.1, 0.15) is 19.8 Å². The van der Waals surface area contributed by atoms with E-state index in [9.17, 15) is 13.0 Å². The molecule has 4 nitrogen and oxygen atoms in total. The van der Waals surface area contributed by atoms with Crippen LogP contribution in [-0.2, 0) is 21.2 Å². The van der Waals surface area contributed by atoms with Gasteiger partial charge in [0, 0.05) is 16.1 Å². The Morgan fingerprint density at radius 1 is 1.07 bits per heavy atom. The lowest BCUT2D eigenvalue weighted by molar-refractivity contribution is 0.566. The van der Waals surface area contributed by atoms with Gasteiger partial charge in [-0.15, -0.1) is 0 Å². The highest BCUT2D eigenvalue weighted by molar-refractivity contribution is 7.93. The maximum absolute atomic E-state index is 13.4. The molecular formula is C18H20Cl3NO3S2. The molecule has 1 unspecified atom stereocenters. The molecule has 2 rings (SSSR count). The predicted octanol–water partition coefficient (Wildman–Crippen LogP) is 5.39. The van der Waals surface area contributed by atoms with E-state index in [0.29, 0.717) is 34.3 Å². The Hall–Kier alpha value is -0.630. The van der Waals surface area contributed by atoms with Crippen molar-refractivity contribution in [3.63, 3.8) is 0 Å². The Morgan fingerprint density at radius 3 is 2.26 bits per heavy atom.